The Morgan fingerprint density at radius 1 is 1.31 bits per heavy atom. The van der Waals surface area contributed by atoms with Crippen molar-refractivity contribution < 1.29 is 13.5 Å². The van der Waals surface area contributed by atoms with Gasteiger partial charge < -0.3 is 15.4 Å². The zero-order chi connectivity index (χ0) is 17.6. The molecular weight excluding hydrogens is 451 g/mol. The lowest BCUT2D eigenvalue weighted by molar-refractivity contribution is -0.171. The SMILES string of the molecule is CN=C(NC(C)c1ccc(F)c(F)c1)NC1C2CCOC2C12CCC2.I. The average Bonchev–Trinajstić information content (AvgIpc) is 2.97. The van der Waals surface area contributed by atoms with Gasteiger partial charge in [0.2, 0.25) is 0 Å². The highest BCUT2D eigenvalue weighted by atomic mass is 127. The molecule has 4 rings (SSSR count). The van der Waals surface area contributed by atoms with Crippen LogP contribution < -0.4 is 10.6 Å². The number of hydrogen-bond donors (Lipinski definition) is 2. The number of hydrogen-bond acceptors (Lipinski definition) is 2. The van der Waals surface area contributed by atoms with Crippen LogP contribution in [0.15, 0.2) is 23.2 Å². The Morgan fingerprint density at radius 2 is 2.08 bits per heavy atom. The number of guanidine groups is 1. The molecule has 1 heterocycles. The van der Waals surface area contributed by atoms with Crippen LogP contribution in [0.1, 0.15) is 44.2 Å². The second-order valence-electron chi connectivity index (χ2n) is 7.56. The summed E-state index contributed by atoms with van der Waals surface area (Å²) in [6, 6.07) is 4.21. The second kappa shape index (κ2) is 7.58. The third-order valence-corrected chi connectivity index (χ3v) is 6.35. The van der Waals surface area contributed by atoms with Gasteiger partial charge in [-0.05, 0) is 43.9 Å². The minimum absolute atomic E-state index is 0. The fourth-order valence-electron chi connectivity index (χ4n) is 4.84. The van der Waals surface area contributed by atoms with Crippen molar-refractivity contribution in [2.75, 3.05) is 13.7 Å². The van der Waals surface area contributed by atoms with Crippen molar-refractivity contribution in [3.8, 4) is 0 Å². The van der Waals surface area contributed by atoms with E-state index in [9.17, 15) is 8.78 Å². The molecule has 0 bridgehead atoms. The first-order chi connectivity index (χ1) is 12.0. The number of aliphatic imine (C=N–C) groups is 1. The van der Waals surface area contributed by atoms with Gasteiger partial charge in [0.15, 0.2) is 17.6 Å². The van der Waals surface area contributed by atoms with Gasteiger partial charge in [-0.2, -0.15) is 0 Å². The standard InChI is InChI=1S/C19H25F2N3O.HI/c1-11(12-4-5-14(20)15(21)10-12)23-18(22-2)24-16-13-6-9-25-17(13)19(16)7-3-8-19;/h4-5,10-11,13,16-17H,3,6-9H2,1-2H3,(H2,22,23,24);1H. The molecule has 1 saturated heterocycles. The molecule has 0 aromatic heterocycles. The van der Waals surface area contributed by atoms with Gasteiger partial charge in [-0.1, -0.05) is 12.5 Å². The van der Waals surface area contributed by atoms with Crippen LogP contribution in [0, 0.1) is 23.0 Å². The molecule has 3 fully saturated rings. The summed E-state index contributed by atoms with van der Waals surface area (Å²) in [4.78, 5) is 4.34. The van der Waals surface area contributed by atoms with Crippen molar-refractivity contribution in [2.45, 2.75) is 50.8 Å². The number of nitrogens with zero attached hydrogens (tertiary/aromatic N) is 1. The van der Waals surface area contributed by atoms with E-state index in [1.165, 1.54) is 25.3 Å². The summed E-state index contributed by atoms with van der Waals surface area (Å²) in [6.07, 6.45) is 5.19. The minimum atomic E-state index is -0.827. The Hall–Kier alpha value is -0.960. The van der Waals surface area contributed by atoms with Crippen LogP contribution in [-0.4, -0.2) is 31.8 Å². The van der Waals surface area contributed by atoms with Gasteiger partial charge in [-0.3, -0.25) is 4.99 Å². The third kappa shape index (κ3) is 3.10. The van der Waals surface area contributed by atoms with Crippen LogP contribution in [0.5, 0.6) is 0 Å². The first-order valence-electron chi connectivity index (χ1n) is 9.11. The predicted molar refractivity (Wildman–Crippen MR) is 108 cm³/mol. The molecule has 4 nitrogen and oxygen atoms in total. The summed E-state index contributed by atoms with van der Waals surface area (Å²) in [5.74, 6) is -0.393. The molecule has 1 aromatic carbocycles. The van der Waals surface area contributed by atoms with E-state index >= 15 is 0 Å². The molecule has 26 heavy (non-hydrogen) atoms. The molecule has 144 valence electrons. The van der Waals surface area contributed by atoms with Gasteiger partial charge in [0.25, 0.3) is 0 Å². The summed E-state index contributed by atoms with van der Waals surface area (Å²) in [5, 5.41) is 6.89. The molecule has 7 heteroatoms. The lowest BCUT2D eigenvalue weighted by Gasteiger charge is -2.63. The van der Waals surface area contributed by atoms with Gasteiger partial charge in [0.1, 0.15) is 0 Å². The Kier molecular flexibility index (Phi) is 5.77. The first kappa shape index (κ1) is 19.8. The number of fused-ring (bicyclic) bond motifs is 2. The van der Waals surface area contributed by atoms with Crippen LogP contribution in [0.25, 0.3) is 0 Å². The second-order valence-corrected chi connectivity index (χ2v) is 7.56. The molecule has 1 aliphatic heterocycles. The van der Waals surface area contributed by atoms with Crippen molar-refractivity contribution in [1.82, 2.24) is 10.6 Å². The maximum Gasteiger partial charge on any atom is 0.191 e. The molecule has 1 aromatic rings. The zero-order valence-corrected chi connectivity index (χ0v) is 17.4. The van der Waals surface area contributed by atoms with Crippen LogP contribution >= 0.6 is 24.0 Å². The van der Waals surface area contributed by atoms with Gasteiger partial charge in [-0.15, -0.1) is 24.0 Å². The third-order valence-electron chi connectivity index (χ3n) is 6.35. The molecule has 2 saturated carbocycles. The van der Waals surface area contributed by atoms with Crippen molar-refractivity contribution in [3.63, 3.8) is 0 Å². The predicted octanol–water partition coefficient (Wildman–Crippen LogP) is 3.77. The van der Waals surface area contributed by atoms with Crippen LogP contribution in [0.2, 0.25) is 0 Å². The van der Waals surface area contributed by atoms with E-state index < -0.39 is 11.6 Å². The molecule has 4 atom stereocenters. The van der Waals surface area contributed by atoms with Crippen LogP contribution in [0.3, 0.4) is 0 Å². The van der Waals surface area contributed by atoms with Crippen molar-refractivity contribution in [2.24, 2.45) is 16.3 Å². The number of nitrogens with one attached hydrogen (secondary N) is 2. The highest BCUT2D eigenvalue weighted by Gasteiger charge is 2.66. The summed E-state index contributed by atoms with van der Waals surface area (Å²) in [5.41, 5.74) is 0.959. The van der Waals surface area contributed by atoms with Gasteiger partial charge in [0.05, 0.1) is 12.1 Å². The fraction of sp³-hybridized carbons (Fsp3) is 0.632. The molecule has 3 aliphatic rings. The highest BCUT2D eigenvalue weighted by molar-refractivity contribution is 14.0. The Morgan fingerprint density at radius 3 is 2.69 bits per heavy atom. The molecule has 1 spiro atoms. The summed E-state index contributed by atoms with van der Waals surface area (Å²) in [6.45, 7) is 2.77. The number of rotatable bonds is 3. The monoisotopic (exact) mass is 477 g/mol. The van der Waals surface area contributed by atoms with Crippen molar-refractivity contribution in [3.05, 3.63) is 35.4 Å². The number of ether oxygens (including phenoxy) is 1. The van der Waals surface area contributed by atoms with Crippen molar-refractivity contribution >= 4 is 29.9 Å². The van der Waals surface area contributed by atoms with Gasteiger partial charge in [0, 0.05) is 31.0 Å². The Labute approximate surface area is 170 Å². The van der Waals surface area contributed by atoms with E-state index in [0.29, 0.717) is 29.6 Å². The molecule has 0 amide bonds. The van der Waals surface area contributed by atoms with E-state index in [-0.39, 0.29) is 35.4 Å². The fourth-order valence-corrected chi connectivity index (χ4v) is 4.84. The molecule has 4 unspecified atom stereocenters. The summed E-state index contributed by atoms with van der Waals surface area (Å²) < 4.78 is 32.6. The zero-order valence-electron chi connectivity index (χ0n) is 15.1. The van der Waals surface area contributed by atoms with Gasteiger partial charge >= 0.3 is 0 Å². The first-order valence-corrected chi connectivity index (χ1v) is 9.11. The lowest BCUT2D eigenvalue weighted by atomic mass is 9.46. The Balaban J connectivity index is 0.00000196. The summed E-state index contributed by atoms with van der Waals surface area (Å²) >= 11 is 0. The normalized spacial score (nSPS) is 29.8. The maximum absolute atomic E-state index is 13.5. The lowest BCUT2D eigenvalue weighted by Crippen LogP contribution is -2.72. The molecule has 0 radical (unpaired) electrons. The molecular formula is C19H26F2IN3O. The number of halogens is 3. The minimum Gasteiger partial charge on any atom is -0.377 e. The maximum atomic E-state index is 13.5. The van der Waals surface area contributed by atoms with E-state index in [1.54, 1.807) is 13.1 Å². The topological polar surface area (TPSA) is 45.7 Å². The highest BCUT2D eigenvalue weighted by Crippen LogP contribution is 2.62. The van der Waals surface area contributed by atoms with Crippen LogP contribution in [0.4, 0.5) is 8.78 Å². The summed E-state index contributed by atoms with van der Waals surface area (Å²) in [7, 11) is 1.74. The average molecular weight is 477 g/mol. The largest absolute Gasteiger partial charge is 0.377 e. The molecule has 2 N–H and O–H groups in total. The number of benzene rings is 1. The van der Waals surface area contributed by atoms with Crippen molar-refractivity contribution in [1.29, 1.82) is 0 Å². The van der Waals surface area contributed by atoms with E-state index in [4.69, 9.17) is 4.74 Å². The smallest absolute Gasteiger partial charge is 0.191 e. The van der Waals surface area contributed by atoms with E-state index in [1.807, 2.05) is 6.92 Å². The van der Waals surface area contributed by atoms with E-state index in [0.717, 1.165) is 19.1 Å². The van der Waals surface area contributed by atoms with Crippen LogP contribution in [-0.2, 0) is 4.74 Å². The Bertz CT molecular complexity index is 695. The van der Waals surface area contributed by atoms with E-state index in [2.05, 4.69) is 15.6 Å². The quantitative estimate of drug-likeness (QED) is 0.396. The molecule has 2 aliphatic carbocycles. The van der Waals surface area contributed by atoms with Gasteiger partial charge in [-0.25, -0.2) is 8.78 Å².